The third-order valence-corrected chi connectivity index (χ3v) is 5.07. The SMILES string of the molecule is CCN(CC)c1cc2nc(NC(C)C)[nH]c2cc1C(=O)Nc1ccc2cn[nH]c2c1. The number of hydrogen-bond donors (Lipinski definition) is 4. The summed E-state index contributed by atoms with van der Waals surface area (Å²) in [7, 11) is 0. The van der Waals surface area contributed by atoms with Crippen LogP contribution in [0.1, 0.15) is 38.1 Å². The number of fused-ring (bicyclic) bond motifs is 2. The predicted molar refractivity (Wildman–Crippen MR) is 122 cm³/mol. The Bertz CT molecular complexity index is 1190. The number of H-pyrrole nitrogens is 2. The highest BCUT2D eigenvalue weighted by molar-refractivity contribution is 6.11. The largest absolute Gasteiger partial charge is 0.371 e. The zero-order chi connectivity index (χ0) is 21.3. The number of benzene rings is 2. The Morgan fingerprint density at radius 3 is 2.67 bits per heavy atom. The van der Waals surface area contributed by atoms with Crippen molar-refractivity contribution < 1.29 is 4.79 Å². The first kappa shape index (κ1) is 19.8. The Kier molecular flexibility index (Phi) is 5.31. The summed E-state index contributed by atoms with van der Waals surface area (Å²) in [5, 5.41) is 14.3. The molecule has 0 saturated heterocycles. The Morgan fingerprint density at radius 1 is 1.13 bits per heavy atom. The number of nitrogens with zero attached hydrogens (tertiary/aromatic N) is 3. The minimum absolute atomic E-state index is 0.161. The van der Waals surface area contributed by atoms with Crippen LogP contribution < -0.4 is 15.5 Å². The van der Waals surface area contributed by atoms with Crippen molar-refractivity contribution >= 4 is 45.2 Å². The summed E-state index contributed by atoms with van der Waals surface area (Å²) in [5.74, 6) is 0.540. The third kappa shape index (κ3) is 3.80. The normalized spacial score (nSPS) is 11.4. The molecule has 0 fully saturated rings. The van der Waals surface area contributed by atoms with Crippen LogP contribution in [0, 0.1) is 0 Å². The van der Waals surface area contributed by atoms with Crippen molar-refractivity contribution in [2.75, 3.05) is 28.6 Å². The molecule has 8 nitrogen and oxygen atoms in total. The van der Waals surface area contributed by atoms with E-state index in [-0.39, 0.29) is 11.9 Å². The number of amides is 1. The van der Waals surface area contributed by atoms with Gasteiger partial charge in [-0.3, -0.25) is 9.89 Å². The quantitative estimate of drug-likeness (QED) is 0.366. The Hall–Kier alpha value is -3.55. The molecule has 0 atom stereocenters. The lowest BCUT2D eigenvalue weighted by atomic mass is 10.1. The average molecular weight is 406 g/mol. The van der Waals surface area contributed by atoms with Gasteiger partial charge in [-0.2, -0.15) is 5.10 Å². The highest BCUT2D eigenvalue weighted by atomic mass is 16.1. The number of rotatable bonds is 7. The maximum atomic E-state index is 13.3. The van der Waals surface area contributed by atoms with Crippen LogP contribution in [0.5, 0.6) is 0 Å². The van der Waals surface area contributed by atoms with Gasteiger partial charge in [-0.1, -0.05) is 0 Å². The Balaban J connectivity index is 1.73. The maximum absolute atomic E-state index is 13.3. The second-order valence-corrected chi connectivity index (χ2v) is 7.57. The zero-order valence-electron chi connectivity index (χ0n) is 17.7. The van der Waals surface area contributed by atoms with E-state index in [2.05, 4.69) is 63.4 Å². The molecule has 4 N–H and O–H groups in total. The van der Waals surface area contributed by atoms with E-state index in [0.717, 1.165) is 40.7 Å². The molecule has 0 aliphatic carbocycles. The molecule has 8 heteroatoms. The number of hydrogen-bond acceptors (Lipinski definition) is 5. The van der Waals surface area contributed by atoms with Gasteiger partial charge in [0.05, 0.1) is 34.0 Å². The minimum atomic E-state index is -0.161. The van der Waals surface area contributed by atoms with Gasteiger partial charge >= 0.3 is 0 Å². The summed E-state index contributed by atoms with van der Waals surface area (Å²) in [6, 6.07) is 9.82. The summed E-state index contributed by atoms with van der Waals surface area (Å²) in [4.78, 5) is 23.3. The molecule has 0 spiro atoms. The van der Waals surface area contributed by atoms with Crippen LogP contribution in [0.25, 0.3) is 21.9 Å². The van der Waals surface area contributed by atoms with Gasteiger partial charge in [0.1, 0.15) is 0 Å². The molecule has 156 valence electrons. The first-order valence-corrected chi connectivity index (χ1v) is 10.3. The minimum Gasteiger partial charge on any atom is -0.371 e. The second kappa shape index (κ2) is 8.06. The van der Waals surface area contributed by atoms with Gasteiger partial charge < -0.3 is 20.5 Å². The molecular formula is C22H27N7O. The van der Waals surface area contributed by atoms with E-state index in [0.29, 0.717) is 17.2 Å². The van der Waals surface area contributed by atoms with Crippen LogP contribution in [-0.4, -0.2) is 45.2 Å². The molecular weight excluding hydrogens is 378 g/mol. The molecule has 0 aliphatic heterocycles. The molecule has 2 heterocycles. The van der Waals surface area contributed by atoms with Crippen LogP contribution in [0.4, 0.5) is 17.3 Å². The summed E-state index contributed by atoms with van der Waals surface area (Å²) in [6.07, 6.45) is 1.76. The van der Waals surface area contributed by atoms with Gasteiger partial charge in [0.2, 0.25) is 5.95 Å². The molecule has 0 aliphatic rings. The maximum Gasteiger partial charge on any atom is 0.257 e. The first-order chi connectivity index (χ1) is 14.5. The van der Waals surface area contributed by atoms with Crippen LogP contribution in [0.3, 0.4) is 0 Å². The van der Waals surface area contributed by atoms with Gasteiger partial charge in [-0.15, -0.1) is 0 Å². The molecule has 30 heavy (non-hydrogen) atoms. The summed E-state index contributed by atoms with van der Waals surface area (Å²) >= 11 is 0. The van der Waals surface area contributed by atoms with Crippen molar-refractivity contribution in [2.45, 2.75) is 33.7 Å². The van der Waals surface area contributed by atoms with E-state index >= 15 is 0 Å². The molecule has 0 bridgehead atoms. The van der Waals surface area contributed by atoms with E-state index in [1.54, 1.807) is 6.20 Å². The predicted octanol–water partition coefficient (Wildman–Crippen LogP) is 4.36. The van der Waals surface area contributed by atoms with Gasteiger partial charge in [-0.25, -0.2) is 4.98 Å². The smallest absolute Gasteiger partial charge is 0.257 e. The summed E-state index contributed by atoms with van der Waals surface area (Å²) in [5.41, 5.74) is 4.73. The molecule has 2 aromatic carbocycles. The lowest BCUT2D eigenvalue weighted by molar-refractivity contribution is 0.102. The van der Waals surface area contributed by atoms with Crippen molar-refractivity contribution in [3.8, 4) is 0 Å². The summed E-state index contributed by atoms with van der Waals surface area (Å²) in [6.45, 7) is 9.87. The number of aromatic amines is 2. The molecule has 4 rings (SSSR count). The second-order valence-electron chi connectivity index (χ2n) is 7.57. The first-order valence-electron chi connectivity index (χ1n) is 10.3. The fraction of sp³-hybridized carbons (Fsp3) is 0.318. The fourth-order valence-electron chi connectivity index (χ4n) is 3.61. The van der Waals surface area contributed by atoms with E-state index < -0.39 is 0 Å². The highest BCUT2D eigenvalue weighted by Crippen LogP contribution is 2.28. The third-order valence-electron chi connectivity index (χ3n) is 5.07. The number of imidazole rings is 1. The van der Waals surface area contributed by atoms with Crippen molar-refractivity contribution in [3.05, 3.63) is 42.1 Å². The van der Waals surface area contributed by atoms with Crippen molar-refractivity contribution in [1.29, 1.82) is 0 Å². The Labute approximate surface area is 175 Å². The summed E-state index contributed by atoms with van der Waals surface area (Å²) < 4.78 is 0. The molecule has 2 aromatic heterocycles. The van der Waals surface area contributed by atoms with Gasteiger partial charge in [-0.05, 0) is 58.0 Å². The zero-order valence-corrected chi connectivity index (χ0v) is 17.7. The number of carbonyl (C=O) groups is 1. The number of nitrogens with one attached hydrogen (secondary N) is 4. The van der Waals surface area contributed by atoms with Crippen LogP contribution in [-0.2, 0) is 0 Å². The number of carbonyl (C=O) groups excluding carboxylic acids is 1. The van der Waals surface area contributed by atoms with Crippen LogP contribution in [0.2, 0.25) is 0 Å². The molecule has 4 aromatic rings. The van der Waals surface area contributed by atoms with Crippen molar-refractivity contribution in [1.82, 2.24) is 20.2 Å². The van der Waals surface area contributed by atoms with E-state index in [1.165, 1.54) is 0 Å². The lowest BCUT2D eigenvalue weighted by Crippen LogP contribution is -2.25. The van der Waals surface area contributed by atoms with Crippen LogP contribution >= 0.6 is 0 Å². The molecule has 0 unspecified atom stereocenters. The number of anilines is 3. The van der Waals surface area contributed by atoms with Crippen molar-refractivity contribution in [3.63, 3.8) is 0 Å². The lowest BCUT2D eigenvalue weighted by Gasteiger charge is -2.23. The highest BCUT2D eigenvalue weighted by Gasteiger charge is 2.19. The Morgan fingerprint density at radius 2 is 1.93 bits per heavy atom. The fourth-order valence-corrected chi connectivity index (χ4v) is 3.61. The molecule has 0 radical (unpaired) electrons. The molecule has 0 saturated carbocycles. The van der Waals surface area contributed by atoms with E-state index in [9.17, 15) is 4.79 Å². The van der Waals surface area contributed by atoms with Gasteiger partial charge in [0.15, 0.2) is 0 Å². The van der Waals surface area contributed by atoms with Gasteiger partial charge in [0.25, 0.3) is 5.91 Å². The van der Waals surface area contributed by atoms with Crippen molar-refractivity contribution in [2.24, 2.45) is 0 Å². The van der Waals surface area contributed by atoms with E-state index in [4.69, 9.17) is 0 Å². The van der Waals surface area contributed by atoms with Gasteiger partial charge in [0, 0.05) is 30.2 Å². The number of aromatic nitrogens is 4. The average Bonchev–Trinajstić information content (AvgIpc) is 3.33. The molecule has 1 amide bonds. The topological polar surface area (TPSA) is 102 Å². The van der Waals surface area contributed by atoms with E-state index in [1.807, 2.05) is 30.3 Å². The monoisotopic (exact) mass is 405 g/mol. The standard InChI is InChI=1S/C22H27N7O/c1-5-29(6-2)20-11-19-18(26-22(27-19)24-13(3)4)10-16(20)21(30)25-15-8-7-14-12-23-28-17(14)9-15/h7-13H,5-6H2,1-4H3,(H,23,28)(H,25,30)(H2,24,26,27). The van der Waals surface area contributed by atoms with Crippen LogP contribution in [0.15, 0.2) is 36.5 Å².